The first-order chi connectivity index (χ1) is 15.1. The molecule has 0 spiro atoms. The van der Waals surface area contributed by atoms with E-state index in [1.54, 1.807) is 15.9 Å². The number of thioether (sulfide) groups is 1. The van der Waals surface area contributed by atoms with Crippen molar-refractivity contribution in [1.29, 1.82) is 0 Å². The van der Waals surface area contributed by atoms with Gasteiger partial charge in [-0.2, -0.15) is 0 Å². The van der Waals surface area contributed by atoms with E-state index >= 15 is 0 Å². The van der Waals surface area contributed by atoms with Crippen LogP contribution in [0.25, 0.3) is 10.2 Å². The summed E-state index contributed by atoms with van der Waals surface area (Å²) < 4.78 is 7.64. The SMILES string of the molecule is CC(Sc1nc2sc3c(c2c(=O)n1CC1CCCO1)CCCC3)C(=O)NC1CCCC1. The van der Waals surface area contributed by atoms with Crippen LogP contribution in [-0.4, -0.2) is 39.5 Å². The van der Waals surface area contributed by atoms with Gasteiger partial charge in [-0.3, -0.25) is 14.2 Å². The van der Waals surface area contributed by atoms with E-state index in [2.05, 4.69) is 5.32 Å². The van der Waals surface area contributed by atoms with Gasteiger partial charge in [0.1, 0.15) is 4.83 Å². The molecule has 3 heterocycles. The molecule has 1 saturated carbocycles. The zero-order valence-corrected chi connectivity index (χ0v) is 19.8. The number of nitrogens with zero attached hydrogens (tertiary/aromatic N) is 2. The molecule has 2 fully saturated rings. The van der Waals surface area contributed by atoms with Crippen molar-refractivity contribution < 1.29 is 9.53 Å². The van der Waals surface area contributed by atoms with Gasteiger partial charge in [0, 0.05) is 17.5 Å². The lowest BCUT2D eigenvalue weighted by Crippen LogP contribution is -2.38. The van der Waals surface area contributed by atoms with Gasteiger partial charge in [-0.1, -0.05) is 24.6 Å². The maximum absolute atomic E-state index is 13.7. The maximum atomic E-state index is 13.7. The largest absolute Gasteiger partial charge is 0.376 e. The van der Waals surface area contributed by atoms with Crippen molar-refractivity contribution in [2.24, 2.45) is 0 Å². The number of amides is 1. The molecular formula is C23H31N3O3S2. The van der Waals surface area contributed by atoms with Crippen LogP contribution in [0, 0.1) is 0 Å². The van der Waals surface area contributed by atoms with Crippen molar-refractivity contribution in [2.45, 2.75) is 100 Å². The van der Waals surface area contributed by atoms with Gasteiger partial charge >= 0.3 is 0 Å². The Morgan fingerprint density at radius 3 is 2.81 bits per heavy atom. The minimum atomic E-state index is -0.296. The summed E-state index contributed by atoms with van der Waals surface area (Å²) in [5.41, 5.74) is 1.26. The van der Waals surface area contributed by atoms with Crippen LogP contribution < -0.4 is 10.9 Å². The Labute approximate surface area is 191 Å². The number of hydrogen-bond acceptors (Lipinski definition) is 6. The Hall–Kier alpha value is -1.38. The fourth-order valence-corrected chi connectivity index (χ4v) is 7.29. The molecule has 1 saturated heterocycles. The number of ether oxygens (including phenoxy) is 1. The average Bonchev–Trinajstić information content (AvgIpc) is 3.51. The monoisotopic (exact) mass is 461 g/mol. The van der Waals surface area contributed by atoms with Crippen LogP contribution in [0.3, 0.4) is 0 Å². The van der Waals surface area contributed by atoms with Gasteiger partial charge < -0.3 is 10.1 Å². The van der Waals surface area contributed by atoms with Crippen molar-refractivity contribution >= 4 is 39.2 Å². The second-order valence-electron chi connectivity index (χ2n) is 9.09. The minimum Gasteiger partial charge on any atom is -0.376 e. The Morgan fingerprint density at radius 2 is 2.03 bits per heavy atom. The summed E-state index contributed by atoms with van der Waals surface area (Å²) in [6.07, 6.45) is 10.9. The Balaban J connectivity index is 1.47. The number of carbonyl (C=O) groups excluding carboxylic acids is 1. The van der Waals surface area contributed by atoms with Gasteiger partial charge in [0.05, 0.1) is 23.3 Å². The van der Waals surface area contributed by atoms with Crippen LogP contribution in [0.4, 0.5) is 0 Å². The van der Waals surface area contributed by atoms with Gasteiger partial charge in [0.25, 0.3) is 5.56 Å². The molecule has 2 aromatic rings. The number of carbonyl (C=O) groups is 1. The summed E-state index contributed by atoms with van der Waals surface area (Å²) in [5, 5.41) is 4.35. The third-order valence-electron chi connectivity index (χ3n) is 6.80. The molecule has 168 valence electrons. The fraction of sp³-hybridized carbons (Fsp3) is 0.696. The molecule has 5 rings (SSSR count). The Morgan fingerprint density at radius 1 is 1.23 bits per heavy atom. The fourth-order valence-electron chi connectivity index (χ4n) is 5.06. The molecule has 8 heteroatoms. The Bertz CT molecular complexity index is 1020. The summed E-state index contributed by atoms with van der Waals surface area (Å²) in [6.45, 7) is 3.19. The molecule has 1 aliphatic heterocycles. The van der Waals surface area contributed by atoms with E-state index in [1.807, 2.05) is 6.92 Å². The molecule has 1 N–H and O–H groups in total. The lowest BCUT2D eigenvalue weighted by Gasteiger charge is -2.19. The summed E-state index contributed by atoms with van der Waals surface area (Å²) >= 11 is 3.08. The van der Waals surface area contributed by atoms with E-state index in [0.29, 0.717) is 17.7 Å². The van der Waals surface area contributed by atoms with Crippen molar-refractivity contribution in [3.63, 3.8) is 0 Å². The topological polar surface area (TPSA) is 73.2 Å². The van der Waals surface area contributed by atoms with E-state index < -0.39 is 0 Å². The zero-order chi connectivity index (χ0) is 21.4. The highest BCUT2D eigenvalue weighted by atomic mass is 32.2. The summed E-state index contributed by atoms with van der Waals surface area (Å²) in [5.74, 6) is 0.0420. The zero-order valence-electron chi connectivity index (χ0n) is 18.2. The van der Waals surface area contributed by atoms with Crippen LogP contribution in [0.2, 0.25) is 0 Å². The molecule has 2 aromatic heterocycles. The van der Waals surface area contributed by atoms with Crippen LogP contribution in [-0.2, 0) is 28.9 Å². The number of fused-ring (bicyclic) bond motifs is 3. The second kappa shape index (κ2) is 9.24. The molecule has 3 aliphatic rings. The molecule has 0 aromatic carbocycles. The van der Waals surface area contributed by atoms with E-state index in [-0.39, 0.29) is 22.8 Å². The molecule has 0 bridgehead atoms. The van der Waals surface area contributed by atoms with Crippen molar-refractivity contribution in [1.82, 2.24) is 14.9 Å². The maximum Gasteiger partial charge on any atom is 0.263 e. The third kappa shape index (κ3) is 4.44. The van der Waals surface area contributed by atoms with E-state index in [9.17, 15) is 9.59 Å². The predicted octanol–water partition coefficient (Wildman–Crippen LogP) is 4.06. The first kappa shape index (κ1) is 21.5. The highest BCUT2D eigenvalue weighted by Gasteiger charge is 2.27. The number of aromatic nitrogens is 2. The first-order valence-electron chi connectivity index (χ1n) is 11.7. The van der Waals surface area contributed by atoms with Gasteiger partial charge in [-0.15, -0.1) is 11.3 Å². The standard InChI is InChI=1S/C23H31N3O3S2/c1-14(20(27)24-15-7-2-3-8-15)30-23-25-21-19(17-10-4-5-11-18(17)31-21)22(28)26(23)13-16-9-6-12-29-16/h14-16H,2-13H2,1H3,(H,24,27). The van der Waals surface area contributed by atoms with Gasteiger partial charge in [0.15, 0.2) is 5.16 Å². The van der Waals surface area contributed by atoms with Crippen LogP contribution in [0.15, 0.2) is 9.95 Å². The van der Waals surface area contributed by atoms with Crippen LogP contribution >= 0.6 is 23.1 Å². The summed E-state index contributed by atoms with van der Waals surface area (Å²) in [7, 11) is 0. The summed E-state index contributed by atoms with van der Waals surface area (Å²) in [6, 6.07) is 0.295. The first-order valence-corrected chi connectivity index (χ1v) is 13.4. The number of nitrogens with one attached hydrogen (secondary N) is 1. The molecule has 2 aliphatic carbocycles. The summed E-state index contributed by atoms with van der Waals surface area (Å²) in [4.78, 5) is 33.6. The van der Waals surface area contributed by atoms with E-state index in [0.717, 1.165) is 61.8 Å². The highest BCUT2D eigenvalue weighted by Crippen LogP contribution is 2.35. The van der Waals surface area contributed by atoms with Crippen LogP contribution in [0.5, 0.6) is 0 Å². The van der Waals surface area contributed by atoms with E-state index in [4.69, 9.17) is 9.72 Å². The average molecular weight is 462 g/mol. The second-order valence-corrected chi connectivity index (χ2v) is 11.5. The van der Waals surface area contributed by atoms with Gasteiger partial charge in [0.2, 0.25) is 5.91 Å². The smallest absolute Gasteiger partial charge is 0.263 e. The molecular weight excluding hydrogens is 430 g/mol. The highest BCUT2D eigenvalue weighted by molar-refractivity contribution is 8.00. The lowest BCUT2D eigenvalue weighted by molar-refractivity contribution is -0.120. The predicted molar refractivity (Wildman–Crippen MR) is 125 cm³/mol. The molecule has 2 unspecified atom stereocenters. The van der Waals surface area contributed by atoms with E-state index in [1.165, 1.54) is 41.5 Å². The molecule has 31 heavy (non-hydrogen) atoms. The minimum absolute atomic E-state index is 0.0420. The third-order valence-corrected chi connectivity index (χ3v) is 9.08. The van der Waals surface area contributed by atoms with Gasteiger partial charge in [-0.05, 0) is 63.9 Å². The number of rotatable bonds is 6. The normalized spacial score (nSPS) is 22.7. The number of thiophene rings is 1. The van der Waals surface area contributed by atoms with Gasteiger partial charge in [-0.25, -0.2) is 4.98 Å². The quantitative estimate of drug-likeness (QED) is 0.519. The molecule has 1 amide bonds. The van der Waals surface area contributed by atoms with Crippen LogP contribution in [0.1, 0.15) is 68.7 Å². The van der Waals surface area contributed by atoms with Crippen molar-refractivity contribution in [3.05, 3.63) is 20.8 Å². The lowest BCUT2D eigenvalue weighted by atomic mass is 9.97. The molecule has 2 atom stereocenters. The van der Waals surface area contributed by atoms with Crippen molar-refractivity contribution in [2.75, 3.05) is 6.61 Å². The number of aryl methyl sites for hydroxylation is 2. The molecule has 6 nitrogen and oxygen atoms in total. The van der Waals surface area contributed by atoms with Crippen molar-refractivity contribution in [3.8, 4) is 0 Å². The molecule has 0 radical (unpaired) electrons. The Kier molecular flexibility index (Phi) is 6.40. The number of hydrogen-bond donors (Lipinski definition) is 1.